The molecule has 0 N–H and O–H groups in total. The molecule has 0 saturated heterocycles. The van der Waals surface area contributed by atoms with E-state index in [-0.39, 0.29) is 5.75 Å². The van der Waals surface area contributed by atoms with Crippen LogP contribution in [0.5, 0.6) is 5.75 Å². The Balaban J connectivity index is 1.46. The summed E-state index contributed by atoms with van der Waals surface area (Å²) < 4.78 is 32.8. The van der Waals surface area contributed by atoms with Gasteiger partial charge >= 0.3 is 0 Å². The Bertz CT molecular complexity index is 1080. The van der Waals surface area contributed by atoms with Crippen LogP contribution in [0.2, 0.25) is 0 Å². The zero-order valence-corrected chi connectivity index (χ0v) is 19.2. The number of aryl methyl sites for hydroxylation is 2. The molecule has 30 heavy (non-hydrogen) atoms. The molecule has 1 heterocycles. The third kappa shape index (κ3) is 6.09. The molecule has 8 heteroatoms. The van der Waals surface area contributed by atoms with Gasteiger partial charge in [-0.05, 0) is 56.5 Å². The number of aromatic nitrogens is 3. The lowest BCUT2D eigenvalue weighted by atomic mass is 10.2. The maximum atomic E-state index is 12.6. The summed E-state index contributed by atoms with van der Waals surface area (Å²) >= 11 is 1.58. The van der Waals surface area contributed by atoms with Gasteiger partial charge in [-0.1, -0.05) is 41.6 Å². The molecule has 3 aromatic rings. The van der Waals surface area contributed by atoms with E-state index in [1.54, 1.807) is 40.6 Å². The first-order valence-corrected chi connectivity index (χ1v) is 12.5. The van der Waals surface area contributed by atoms with Crippen LogP contribution in [-0.4, -0.2) is 35.5 Å². The van der Waals surface area contributed by atoms with E-state index in [9.17, 15) is 8.42 Å². The van der Waals surface area contributed by atoms with Crippen molar-refractivity contribution in [1.29, 1.82) is 0 Å². The fourth-order valence-corrected chi connectivity index (χ4v) is 5.10. The standard InChI is InChI=1S/C22H27N3O3S2/c1-17-9-11-20(12-10-17)30(26,27)16-21-23-24-22(25(21)3)29-14-5-4-13-28-19-8-6-7-18(2)15-19/h6-12,15H,4-5,13-14,16H2,1-3H3. The van der Waals surface area contributed by atoms with Crippen LogP contribution >= 0.6 is 11.8 Å². The van der Waals surface area contributed by atoms with Crippen LogP contribution in [0.1, 0.15) is 29.8 Å². The van der Waals surface area contributed by atoms with Crippen molar-refractivity contribution in [1.82, 2.24) is 14.8 Å². The molecule has 2 aromatic carbocycles. The molecule has 160 valence electrons. The molecule has 0 spiro atoms. The van der Waals surface area contributed by atoms with Crippen LogP contribution in [0.25, 0.3) is 0 Å². The first kappa shape index (κ1) is 22.4. The first-order valence-electron chi connectivity index (χ1n) is 9.85. The summed E-state index contributed by atoms with van der Waals surface area (Å²) in [7, 11) is -1.64. The Morgan fingerprint density at radius 3 is 2.50 bits per heavy atom. The summed E-state index contributed by atoms with van der Waals surface area (Å²) in [5.41, 5.74) is 2.21. The second-order valence-corrected chi connectivity index (χ2v) is 10.3. The minimum atomic E-state index is -3.45. The zero-order valence-electron chi connectivity index (χ0n) is 17.5. The Morgan fingerprint density at radius 2 is 1.77 bits per heavy atom. The van der Waals surface area contributed by atoms with Gasteiger partial charge in [-0.2, -0.15) is 0 Å². The maximum Gasteiger partial charge on any atom is 0.190 e. The van der Waals surface area contributed by atoms with Gasteiger partial charge in [0, 0.05) is 12.8 Å². The Morgan fingerprint density at radius 1 is 1.00 bits per heavy atom. The van der Waals surface area contributed by atoms with Crippen molar-refractivity contribution in [2.45, 2.75) is 42.5 Å². The molecule has 0 fully saturated rings. The number of rotatable bonds is 10. The molecule has 0 aliphatic carbocycles. The number of nitrogens with zero attached hydrogens (tertiary/aromatic N) is 3. The molecule has 0 aliphatic rings. The summed E-state index contributed by atoms with van der Waals surface area (Å²) in [6, 6.07) is 14.9. The highest BCUT2D eigenvalue weighted by Gasteiger charge is 2.20. The number of thioether (sulfide) groups is 1. The number of hydrogen-bond donors (Lipinski definition) is 0. The zero-order chi connectivity index (χ0) is 21.6. The van der Waals surface area contributed by atoms with E-state index in [1.165, 1.54) is 5.56 Å². The first-order chi connectivity index (χ1) is 14.3. The predicted molar refractivity (Wildman–Crippen MR) is 120 cm³/mol. The summed E-state index contributed by atoms with van der Waals surface area (Å²) in [4.78, 5) is 0.305. The molecule has 1 aromatic heterocycles. The topological polar surface area (TPSA) is 74.1 Å². The summed E-state index contributed by atoms with van der Waals surface area (Å²) in [5, 5.41) is 8.98. The van der Waals surface area contributed by atoms with Gasteiger partial charge in [0.25, 0.3) is 0 Å². The average Bonchev–Trinajstić information content (AvgIpc) is 3.04. The minimum absolute atomic E-state index is 0.162. The van der Waals surface area contributed by atoms with Gasteiger partial charge in [-0.15, -0.1) is 10.2 Å². The molecule has 0 amide bonds. The Hall–Kier alpha value is -2.32. The van der Waals surface area contributed by atoms with Crippen LogP contribution < -0.4 is 4.74 Å². The van der Waals surface area contributed by atoms with Gasteiger partial charge in [0.1, 0.15) is 17.3 Å². The number of ether oxygens (including phenoxy) is 1. The van der Waals surface area contributed by atoms with Crippen LogP contribution in [0.15, 0.2) is 58.6 Å². The van der Waals surface area contributed by atoms with Crippen molar-refractivity contribution in [3.8, 4) is 5.75 Å². The van der Waals surface area contributed by atoms with Crippen molar-refractivity contribution in [2.24, 2.45) is 7.05 Å². The van der Waals surface area contributed by atoms with Crippen LogP contribution in [0.3, 0.4) is 0 Å². The molecule has 0 unspecified atom stereocenters. The van der Waals surface area contributed by atoms with Gasteiger partial charge in [0.05, 0.1) is 11.5 Å². The van der Waals surface area contributed by atoms with Gasteiger partial charge in [-0.3, -0.25) is 0 Å². The van der Waals surface area contributed by atoms with E-state index in [0.717, 1.165) is 35.1 Å². The van der Waals surface area contributed by atoms with E-state index < -0.39 is 9.84 Å². The molecular formula is C22H27N3O3S2. The third-order valence-corrected chi connectivity index (χ3v) is 7.39. The monoisotopic (exact) mass is 445 g/mol. The Kier molecular flexibility index (Phi) is 7.55. The van der Waals surface area contributed by atoms with Crippen LogP contribution in [0.4, 0.5) is 0 Å². The Labute approximate surface area is 182 Å². The molecule has 0 bridgehead atoms. The normalized spacial score (nSPS) is 11.6. The number of benzene rings is 2. The van der Waals surface area contributed by atoms with Crippen molar-refractivity contribution >= 4 is 21.6 Å². The van der Waals surface area contributed by atoms with Crippen LogP contribution in [-0.2, 0) is 22.6 Å². The predicted octanol–water partition coefficient (Wildman–Crippen LogP) is 4.36. The molecular weight excluding hydrogens is 418 g/mol. The summed E-state index contributed by atoms with van der Waals surface area (Å²) in [6.45, 7) is 4.64. The second kappa shape index (κ2) is 10.1. The quantitative estimate of drug-likeness (QED) is 0.341. The lowest BCUT2D eigenvalue weighted by molar-refractivity contribution is 0.309. The van der Waals surface area contributed by atoms with Gasteiger partial charge in [0.15, 0.2) is 15.0 Å². The summed E-state index contributed by atoms with van der Waals surface area (Å²) in [5.74, 6) is 2.05. The SMILES string of the molecule is Cc1ccc(S(=O)(=O)Cc2nnc(SCCCCOc3cccc(C)c3)n2C)cc1. The molecule has 0 aliphatic heterocycles. The molecule has 0 saturated carbocycles. The lowest BCUT2D eigenvalue weighted by Gasteiger charge is -2.07. The molecule has 6 nitrogen and oxygen atoms in total. The van der Waals surface area contributed by atoms with E-state index in [4.69, 9.17) is 4.74 Å². The fourth-order valence-electron chi connectivity index (χ4n) is 2.86. The highest BCUT2D eigenvalue weighted by molar-refractivity contribution is 7.99. The van der Waals surface area contributed by atoms with E-state index in [1.807, 2.05) is 45.2 Å². The minimum Gasteiger partial charge on any atom is -0.494 e. The molecule has 3 rings (SSSR count). The highest BCUT2D eigenvalue weighted by Crippen LogP contribution is 2.21. The number of sulfone groups is 1. The third-order valence-electron chi connectivity index (χ3n) is 4.65. The number of hydrogen-bond acceptors (Lipinski definition) is 6. The smallest absolute Gasteiger partial charge is 0.190 e. The largest absolute Gasteiger partial charge is 0.494 e. The maximum absolute atomic E-state index is 12.6. The van der Waals surface area contributed by atoms with Crippen molar-refractivity contribution in [3.05, 3.63) is 65.5 Å². The molecule has 0 atom stereocenters. The van der Waals surface area contributed by atoms with Crippen molar-refractivity contribution < 1.29 is 13.2 Å². The lowest BCUT2D eigenvalue weighted by Crippen LogP contribution is -2.09. The van der Waals surface area contributed by atoms with E-state index in [0.29, 0.717) is 17.3 Å². The van der Waals surface area contributed by atoms with Crippen molar-refractivity contribution in [3.63, 3.8) is 0 Å². The van der Waals surface area contributed by atoms with E-state index >= 15 is 0 Å². The second-order valence-electron chi connectivity index (χ2n) is 7.25. The van der Waals surface area contributed by atoms with Crippen LogP contribution in [0, 0.1) is 13.8 Å². The summed E-state index contributed by atoms with van der Waals surface area (Å²) in [6.07, 6.45) is 1.91. The fraction of sp³-hybridized carbons (Fsp3) is 0.364. The van der Waals surface area contributed by atoms with Gasteiger partial charge in [0.2, 0.25) is 0 Å². The van der Waals surface area contributed by atoms with Crippen molar-refractivity contribution in [2.75, 3.05) is 12.4 Å². The number of unbranched alkanes of at least 4 members (excludes halogenated alkanes) is 1. The van der Waals surface area contributed by atoms with Gasteiger partial charge in [-0.25, -0.2) is 8.42 Å². The van der Waals surface area contributed by atoms with Gasteiger partial charge < -0.3 is 9.30 Å². The average molecular weight is 446 g/mol. The van der Waals surface area contributed by atoms with E-state index in [2.05, 4.69) is 10.2 Å². The highest BCUT2D eigenvalue weighted by atomic mass is 32.2. The molecule has 0 radical (unpaired) electrons.